The molecule has 2 heterocycles. The van der Waals surface area contributed by atoms with Gasteiger partial charge in [-0.15, -0.1) is 0 Å². The van der Waals surface area contributed by atoms with Crippen molar-refractivity contribution >= 4 is 28.1 Å². The maximum atomic E-state index is 5.36. The van der Waals surface area contributed by atoms with Gasteiger partial charge in [0.05, 0.1) is 27.6 Å². The first-order chi connectivity index (χ1) is 30.5. The Bertz CT molecular complexity index is 3380. The summed E-state index contributed by atoms with van der Waals surface area (Å²) in [6.07, 6.45) is 0. The Kier molecular flexibility index (Phi) is 7.28. The lowest BCUT2D eigenvalue weighted by atomic mass is 9.70. The number of para-hydroxylation sites is 1. The van der Waals surface area contributed by atoms with Gasteiger partial charge in [-0.05, 0) is 141 Å². The molecule has 0 fully saturated rings. The largest absolute Gasteiger partial charge is 0.310 e. The lowest BCUT2D eigenvalue weighted by Gasteiger charge is -2.30. The number of benzene rings is 9. The normalized spacial score (nSPS) is 14.2. The lowest BCUT2D eigenvalue weighted by Crippen LogP contribution is -2.25. The minimum Gasteiger partial charge on any atom is -0.310 e. The van der Waals surface area contributed by atoms with Gasteiger partial charge in [0.25, 0.3) is 0 Å². The number of hydrogen-bond donors (Lipinski definition) is 0. The first-order valence-electron chi connectivity index (χ1n) is 21.6. The van der Waals surface area contributed by atoms with Gasteiger partial charge in [-0.3, -0.25) is 4.57 Å². The van der Waals surface area contributed by atoms with Gasteiger partial charge in [0.1, 0.15) is 5.82 Å². The molecule has 9 aromatic carbocycles. The Morgan fingerprint density at radius 1 is 0.387 bits per heavy atom. The van der Waals surface area contributed by atoms with Gasteiger partial charge >= 0.3 is 0 Å². The highest BCUT2D eigenvalue weighted by Crippen LogP contribution is 2.63. The predicted octanol–water partition coefficient (Wildman–Crippen LogP) is 14.8. The molecule has 0 bridgehead atoms. The summed E-state index contributed by atoms with van der Waals surface area (Å²) in [5, 5.41) is 0. The van der Waals surface area contributed by atoms with Crippen molar-refractivity contribution in [1.29, 1.82) is 0 Å². The van der Waals surface area contributed by atoms with E-state index in [1.165, 1.54) is 78.0 Å². The molecule has 0 saturated heterocycles. The maximum Gasteiger partial charge on any atom is 0.124 e. The van der Waals surface area contributed by atoms with Crippen LogP contribution in [0, 0.1) is 0 Å². The zero-order valence-corrected chi connectivity index (χ0v) is 34.5. The van der Waals surface area contributed by atoms with Gasteiger partial charge in [-0.1, -0.05) is 158 Å². The van der Waals surface area contributed by atoms with Crippen LogP contribution < -0.4 is 4.90 Å². The van der Waals surface area contributed by atoms with E-state index in [2.05, 4.69) is 236 Å². The average molecular weight is 792 g/mol. The predicted molar refractivity (Wildman–Crippen MR) is 255 cm³/mol. The molecule has 62 heavy (non-hydrogen) atoms. The molecule has 1 spiro atoms. The Morgan fingerprint density at radius 3 is 1.60 bits per heavy atom. The van der Waals surface area contributed by atoms with Crippen LogP contribution in [0.25, 0.3) is 61.2 Å². The summed E-state index contributed by atoms with van der Waals surface area (Å²) in [5.74, 6) is 1.08. The highest BCUT2D eigenvalue weighted by molar-refractivity contribution is 5.96. The molecule has 0 unspecified atom stereocenters. The summed E-state index contributed by atoms with van der Waals surface area (Å²) in [5.41, 5.74) is 22.7. The van der Waals surface area contributed by atoms with Crippen molar-refractivity contribution in [2.75, 3.05) is 4.90 Å². The second kappa shape index (κ2) is 12.9. The van der Waals surface area contributed by atoms with E-state index in [1.807, 2.05) is 0 Å². The van der Waals surface area contributed by atoms with Crippen molar-refractivity contribution in [3.63, 3.8) is 0 Å². The smallest absolute Gasteiger partial charge is 0.124 e. The minimum absolute atomic E-state index is 0.199. The number of nitrogens with zero attached hydrogens (tertiary/aromatic N) is 3. The van der Waals surface area contributed by atoms with Crippen molar-refractivity contribution in [1.82, 2.24) is 9.55 Å². The molecule has 3 aliphatic rings. The van der Waals surface area contributed by atoms with Crippen molar-refractivity contribution < 1.29 is 0 Å². The molecule has 0 amide bonds. The molecule has 2 aliphatic carbocycles. The summed E-state index contributed by atoms with van der Waals surface area (Å²) < 4.78 is 2.36. The van der Waals surface area contributed by atoms with Gasteiger partial charge in [-0.25, -0.2) is 4.98 Å². The average Bonchev–Trinajstić information content (AvgIpc) is 4.02. The van der Waals surface area contributed by atoms with Crippen LogP contribution in [0.15, 0.2) is 212 Å². The summed E-state index contributed by atoms with van der Waals surface area (Å²) >= 11 is 0. The number of rotatable bonds is 5. The summed E-state index contributed by atoms with van der Waals surface area (Å²) in [6, 6.07) is 78.4. The van der Waals surface area contributed by atoms with E-state index in [4.69, 9.17) is 4.98 Å². The summed E-state index contributed by atoms with van der Waals surface area (Å²) in [4.78, 5) is 7.75. The molecule has 292 valence electrons. The topological polar surface area (TPSA) is 21.1 Å². The van der Waals surface area contributed by atoms with Crippen LogP contribution >= 0.6 is 0 Å². The zero-order chi connectivity index (χ0) is 41.2. The van der Waals surface area contributed by atoms with E-state index in [0.29, 0.717) is 0 Å². The fourth-order valence-corrected chi connectivity index (χ4v) is 11.2. The first kappa shape index (κ1) is 35.0. The third kappa shape index (κ3) is 4.73. The van der Waals surface area contributed by atoms with Crippen molar-refractivity contribution in [3.05, 3.63) is 246 Å². The number of hydrogen-bond acceptors (Lipinski definition) is 2. The van der Waals surface area contributed by atoms with Crippen LogP contribution in [0.5, 0.6) is 0 Å². The number of aromatic nitrogens is 2. The maximum absolute atomic E-state index is 5.36. The standard InChI is InChI=1S/C59H41N3/c1-58(2)52-25-12-13-26-55(52)62-56-34-32-44(37-54(56)60-57(58)62)61(42-30-27-39(28-31-42)38-15-4-3-5-16-38)43-18-14-17-40(35-43)41-29-33-48-47-21-8-11-24-51(47)59(53(48)36-41)49-22-9-6-19-45(49)46-20-7-10-23-50(46)59/h3-37H,1-2H3. The van der Waals surface area contributed by atoms with Crippen molar-refractivity contribution in [3.8, 4) is 50.2 Å². The number of anilines is 3. The SMILES string of the molecule is CC1(C)c2ccccc2-n2c1nc1cc(N(c3ccc(-c4ccccc4)cc3)c3cccc(-c4ccc5c(c4)C4(c6ccccc6-c6ccccc64)c4ccccc4-5)c3)ccc12. The Morgan fingerprint density at radius 2 is 0.903 bits per heavy atom. The third-order valence-electron chi connectivity index (χ3n) is 13.9. The fraction of sp³-hybridized carbons (Fsp3) is 0.0678. The van der Waals surface area contributed by atoms with Crippen LogP contribution in [0.3, 0.4) is 0 Å². The van der Waals surface area contributed by atoms with Crippen LogP contribution in [0.2, 0.25) is 0 Å². The fourth-order valence-electron chi connectivity index (χ4n) is 11.2. The second-order valence-electron chi connectivity index (χ2n) is 17.5. The number of imidazole rings is 1. The second-order valence-corrected chi connectivity index (χ2v) is 17.5. The molecule has 0 saturated carbocycles. The number of fused-ring (bicyclic) bond motifs is 15. The Labute approximate surface area is 361 Å². The zero-order valence-electron chi connectivity index (χ0n) is 34.5. The molecule has 0 atom stereocenters. The molecule has 0 N–H and O–H groups in total. The van der Waals surface area contributed by atoms with Crippen LogP contribution in [-0.4, -0.2) is 9.55 Å². The lowest BCUT2D eigenvalue weighted by molar-refractivity contribution is 0.621. The van der Waals surface area contributed by atoms with E-state index in [-0.39, 0.29) is 5.41 Å². The molecule has 13 rings (SSSR count). The van der Waals surface area contributed by atoms with Gasteiger partial charge in [-0.2, -0.15) is 0 Å². The molecular formula is C59H41N3. The first-order valence-corrected chi connectivity index (χ1v) is 21.6. The van der Waals surface area contributed by atoms with E-state index < -0.39 is 5.41 Å². The Balaban J connectivity index is 0.974. The van der Waals surface area contributed by atoms with Gasteiger partial charge in [0.2, 0.25) is 0 Å². The van der Waals surface area contributed by atoms with Crippen molar-refractivity contribution in [2.24, 2.45) is 0 Å². The van der Waals surface area contributed by atoms with Gasteiger partial charge in [0.15, 0.2) is 0 Å². The van der Waals surface area contributed by atoms with E-state index in [0.717, 1.165) is 33.9 Å². The van der Waals surface area contributed by atoms with Gasteiger partial charge in [0, 0.05) is 17.1 Å². The minimum atomic E-state index is -0.394. The molecule has 3 heteroatoms. The van der Waals surface area contributed by atoms with E-state index in [9.17, 15) is 0 Å². The van der Waals surface area contributed by atoms with Crippen LogP contribution in [0.4, 0.5) is 17.1 Å². The summed E-state index contributed by atoms with van der Waals surface area (Å²) in [6.45, 7) is 4.57. The highest BCUT2D eigenvalue weighted by atomic mass is 15.2. The van der Waals surface area contributed by atoms with Crippen LogP contribution in [0.1, 0.15) is 47.5 Å². The van der Waals surface area contributed by atoms with Gasteiger partial charge < -0.3 is 4.90 Å². The van der Waals surface area contributed by atoms with E-state index in [1.54, 1.807) is 0 Å². The molecular weight excluding hydrogens is 751 g/mol. The quantitative estimate of drug-likeness (QED) is 0.173. The van der Waals surface area contributed by atoms with E-state index >= 15 is 0 Å². The highest BCUT2D eigenvalue weighted by Gasteiger charge is 2.51. The molecule has 10 aromatic rings. The summed E-state index contributed by atoms with van der Waals surface area (Å²) in [7, 11) is 0. The molecule has 3 nitrogen and oxygen atoms in total. The third-order valence-corrected chi connectivity index (χ3v) is 13.9. The molecule has 1 aromatic heterocycles. The van der Waals surface area contributed by atoms with Crippen molar-refractivity contribution in [2.45, 2.75) is 24.7 Å². The monoisotopic (exact) mass is 791 g/mol. The molecule has 0 radical (unpaired) electrons. The van der Waals surface area contributed by atoms with Crippen LogP contribution in [-0.2, 0) is 10.8 Å². The molecule has 1 aliphatic heterocycles. The Hall–Kier alpha value is -7.75.